The zero-order chi connectivity index (χ0) is 19.9. The fourth-order valence-corrected chi connectivity index (χ4v) is 2.31. The number of benzene rings is 1. The Morgan fingerprint density at radius 3 is 2.38 bits per heavy atom. The van der Waals surface area contributed by atoms with Crippen molar-refractivity contribution in [3.63, 3.8) is 0 Å². The van der Waals surface area contributed by atoms with Crippen molar-refractivity contribution in [2.45, 2.75) is 65.4 Å². The van der Waals surface area contributed by atoms with E-state index in [2.05, 4.69) is 5.32 Å². The summed E-state index contributed by atoms with van der Waals surface area (Å²) in [5.41, 5.74) is 0.920. The largest absolute Gasteiger partial charge is 0.496 e. The molecule has 0 saturated carbocycles. The van der Waals surface area contributed by atoms with E-state index in [0.717, 1.165) is 11.1 Å². The zero-order valence-electron chi connectivity index (χ0n) is 16.3. The minimum atomic E-state index is -1.01. The van der Waals surface area contributed by atoms with Gasteiger partial charge >= 0.3 is 12.1 Å². The Labute approximate surface area is 154 Å². The monoisotopic (exact) mass is 367 g/mol. The fourth-order valence-electron chi connectivity index (χ4n) is 2.31. The van der Waals surface area contributed by atoms with Crippen molar-refractivity contribution in [2.75, 3.05) is 7.11 Å². The number of amides is 1. The van der Waals surface area contributed by atoms with Crippen LogP contribution in [0.2, 0.25) is 0 Å². The summed E-state index contributed by atoms with van der Waals surface area (Å²) < 4.78 is 16.0. The van der Waals surface area contributed by atoms with Gasteiger partial charge < -0.3 is 24.6 Å². The van der Waals surface area contributed by atoms with Crippen molar-refractivity contribution in [1.82, 2.24) is 5.32 Å². The van der Waals surface area contributed by atoms with Crippen LogP contribution >= 0.6 is 0 Å². The van der Waals surface area contributed by atoms with E-state index >= 15 is 0 Å². The Morgan fingerprint density at radius 2 is 1.88 bits per heavy atom. The summed E-state index contributed by atoms with van der Waals surface area (Å²) in [7, 11) is 1.54. The number of ether oxygens (including phenoxy) is 3. The number of nitrogens with one attached hydrogen (secondary N) is 1. The molecule has 7 nitrogen and oxygen atoms in total. The van der Waals surface area contributed by atoms with Gasteiger partial charge in [-0.25, -0.2) is 9.59 Å². The summed E-state index contributed by atoms with van der Waals surface area (Å²) >= 11 is 0. The molecule has 1 aromatic rings. The predicted molar refractivity (Wildman–Crippen MR) is 97.4 cm³/mol. The van der Waals surface area contributed by atoms with Gasteiger partial charge in [0.2, 0.25) is 0 Å². The maximum atomic E-state index is 11.8. The first kappa shape index (κ1) is 21.8. The standard InChI is InChI=1S/C19H29NO6/c1-12(2)25-16(17(21)22)10-13-7-8-15(24-6)14(9-13)11-20-18(23)26-19(3,4)5/h7-9,12,16H,10-11H2,1-6H3,(H,20,23)(H,21,22). The number of methoxy groups -OCH3 is 1. The molecule has 0 saturated heterocycles. The minimum absolute atomic E-state index is 0.192. The highest BCUT2D eigenvalue weighted by molar-refractivity contribution is 5.72. The van der Waals surface area contributed by atoms with E-state index in [9.17, 15) is 14.7 Å². The molecule has 1 amide bonds. The SMILES string of the molecule is COc1ccc(CC(OC(C)C)C(=O)O)cc1CNC(=O)OC(C)(C)C. The van der Waals surface area contributed by atoms with E-state index in [-0.39, 0.29) is 19.1 Å². The first-order chi connectivity index (χ1) is 12.0. The topological polar surface area (TPSA) is 94.1 Å². The number of alkyl carbamates (subject to hydrolysis) is 1. The highest BCUT2D eigenvalue weighted by atomic mass is 16.6. The molecule has 0 spiro atoms. The van der Waals surface area contributed by atoms with Gasteiger partial charge in [-0.3, -0.25) is 0 Å². The smallest absolute Gasteiger partial charge is 0.407 e. The van der Waals surface area contributed by atoms with Gasteiger partial charge in [0.15, 0.2) is 6.10 Å². The number of carbonyl (C=O) groups excluding carboxylic acids is 1. The molecule has 26 heavy (non-hydrogen) atoms. The van der Waals surface area contributed by atoms with Crippen LogP contribution in [0.4, 0.5) is 4.79 Å². The fraction of sp³-hybridized carbons (Fsp3) is 0.579. The molecule has 0 bridgehead atoms. The molecule has 0 heterocycles. The molecule has 1 rings (SSSR count). The molecule has 1 aromatic carbocycles. The van der Waals surface area contributed by atoms with Crippen molar-refractivity contribution >= 4 is 12.1 Å². The van der Waals surface area contributed by atoms with Crippen molar-refractivity contribution in [3.05, 3.63) is 29.3 Å². The van der Waals surface area contributed by atoms with E-state index in [1.54, 1.807) is 52.8 Å². The molecular formula is C19H29NO6. The molecule has 0 fully saturated rings. The Hall–Kier alpha value is -2.28. The van der Waals surface area contributed by atoms with E-state index in [4.69, 9.17) is 14.2 Å². The third-order valence-corrected chi connectivity index (χ3v) is 3.30. The highest BCUT2D eigenvalue weighted by Crippen LogP contribution is 2.21. The van der Waals surface area contributed by atoms with Crippen LogP contribution in [0.5, 0.6) is 5.75 Å². The quantitative estimate of drug-likeness (QED) is 0.733. The maximum absolute atomic E-state index is 11.8. The molecule has 1 atom stereocenters. The third kappa shape index (κ3) is 7.74. The second kappa shape index (κ2) is 9.43. The minimum Gasteiger partial charge on any atom is -0.496 e. The van der Waals surface area contributed by atoms with Crippen LogP contribution in [0.25, 0.3) is 0 Å². The van der Waals surface area contributed by atoms with Crippen LogP contribution in [0.15, 0.2) is 18.2 Å². The average Bonchev–Trinajstić information content (AvgIpc) is 2.50. The number of carboxylic acids is 1. The molecule has 146 valence electrons. The van der Waals surface area contributed by atoms with Crippen LogP contribution in [-0.2, 0) is 27.2 Å². The molecule has 0 radical (unpaired) electrons. The molecule has 0 aliphatic carbocycles. The number of carbonyl (C=O) groups is 2. The van der Waals surface area contributed by atoms with Crippen molar-refractivity contribution in [2.24, 2.45) is 0 Å². The summed E-state index contributed by atoms with van der Waals surface area (Å²) in [6.07, 6.45) is -1.44. The van der Waals surface area contributed by atoms with Gasteiger partial charge in [-0.2, -0.15) is 0 Å². The molecule has 0 aliphatic rings. The third-order valence-electron chi connectivity index (χ3n) is 3.30. The molecule has 0 aromatic heterocycles. The van der Waals surface area contributed by atoms with Crippen LogP contribution in [0.3, 0.4) is 0 Å². The lowest BCUT2D eigenvalue weighted by atomic mass is 10.0. The number of carboxylic acid groups (broad SMARTS) is 1. The Balaban J connectivity index is 2.87. The zero-order valence-corrected chi connectivity index (χ0v) is 16.3. The van der Waals surface area contributed by atoms with E-state index < -0.39 is 23.8 Å². The van der Waals surface area contributed by atoms with Gasteiger partial charge in [0, 0.05) is 18.5 Å². The van der Waals surface area contributed by atoms with Gasteiger partial charge in [0.05, 0.1) is 13.2 Å². The first-order valence-electron chi connectivity index (χ1n) is 8.52. The molecule has 1 unspecified atom stereocenters. The van der Waals surface area contributed by atoms with Crippen molar-refractivity contribution in [3.8, 4) is 5.75 Å². The summed E-state index contributed by atoms with van der Waals surface area (Å²) in [5.74, 6) is -0.413. The summed E-state index contributed by atoms with van der Waals surface area (Å²) in [6.45, 7) is 9.15. The van der Waals surface area contributed by atoms with Crippen LogP contribution in [0.1, 0.15) is 45.7 Å². The summed E-state index contributed by atoms with van der Waals surface area (Å²) in [5, 5.41) is 12.0. The highest BCUT2D eigenvalue weighted by Gasteiger charge is 2.21. The summed E-state index contributed by atoms with van der Waals surface area (Å²) in [6, 6.07) is 5.33. The lowest BCUT2D eigenvalue weighted by molar-refractivity contribution is -0.153. The number of hydrogen-bond acceptors (Lipinski definition) is 5. The maximum Gasteiger partial charge on any atom is 0.407 e. The van der Waals surface area contributed by atoms with Crippen LogP contribution in [-0.4, -0.2) is 42.1 Å². The van der Waals surface area contributed by atoms with E-state index in [1.165, 1.54) is 7.11 Å². The second-order valence-corrected chi connectivity index (χ2v) is 7.22. The number of hydrogen-bond donors (Lipinski definition) is 2. The van der Waals surface area contributed by atoms with Crippen molar-refractivity contribution < 1.29 is 28.9 Å². The second-order valence-electron chi connectivity index (χ2n) is 7.22. The Kier molecular flexibility index (Phi) is 7.89. The van der Waals surface area contributed by atoms with Gasteiger partial charge in [-0.05, 0) is 46.2 Å². The van der Waals surface area contributed by atoms with Gasteiger partial charge in [0.1, 0.15) is 11.4 Å². The van der Waals surface area contributed by atoms with Gasteiger partial charge in [0.25, 0.3) is 0 Å². The normalized spacial score (nSPS) is 12.6. The molecule has 0 aliphatic heterocycles. The Bertz CT molecular complexity index is 621. The van der Waals surface area contributed by atoms with Crippen LogP contribution in [0, 0.1) is 0 Å². The first-order valence-corrected chi connectivity index (χ1v) is 8.52. The molecule has 7 heteroatoms. The lowest BCUT2D eigenvalue weighted by Gasteiger charge is -2.20. The number of rotatable bonds is 8. The van der Waals surface area contributed by atoms with Gasteiger partial charge in [-0.1, -0.05) is 12.1 Å². The summed E-state index contributed by atoms with van der Waals surface area (Å²) in [4.78, 5) is 23.2. The van der Waals surface area contributed by atoms with E-state index in [1.807, 2.05) is 0 Å². The predicted octanol–water partition coefficient (Wildman–Crippen LogP) is 3.14. The van der Waals surface area contributed by atoms with Gasteiger partial charge in [-0.15, -0.1) is 0 Å². The lowest BCUT2D eigenvalue weighted by Crippen LogP contribution is -2.32. The molecular weight excluding hydrogens is 338 g/mol. The number of aliphatic carboxylic acids is 1. The van der Waals surface area contributed by atoms with Crippen molar-refractivity contribution in [1.29, 1.82) is 0 Å². The van der Waals surface area contributed by atoms with E-state index in [0.29, 0.717) is 5.75 Å². The molecule has 2 N–H and O–H groups in total. The Morgan fingerprint density at radius 1 is 1.23 bits per heavy atom. The average molecular weight is 367 g/mol. The van der Waals surface area contributed by atoms with Crippen LogP contribution < -0.4 is 10.1 Å².